The van der Waals surface area contributed by atoms with Crippen molar-refractivity contribution in [1.82, 2.24) is 10.6 Å². The smallest absolute Gasteiger partial charge is 0.230 e. The number of rotatable bonds is 6. The Morgan fingerprint density at radius 3 is 3.05 bits per heavy atom. The number of benzene rings is 1. The predicted octanol–water partition coefficient (Wildman–Crippen LogP) is 2.94. The summed E-state index contributed by atoms with van der Waals surface area (Å²) >= 11 is 7.54. The van der Waals surface area contributed by atoms with E-state index in [2.05, 4.69) is 10.6 Å². The molecule has 1 heterocycles. The van der Waals surface area contributed by atoms with Crippen molar-refractivity contribution in [3.05, 3.63) is 29.3 Å². The van der Waals surface area contributed by atoms with Crippen LogP contribution in [0.4, 0.5) is 0 Å². The molecule has 1 unspecified atom stereocenters. The lowest BCUT2D eigenvalue weighted by molar-refractivity contribution is -0.118. The molecule has 1 saturated heterocycles. The molecule has 1 fully saturated rings. The van der Waals surface area contributed by atoms with Crippen LogP contribution in [0.3, 0.4) is 0 Å². The fourth-order valence-corrected chi connectivity index (χ4v) is 3.41. The quantitative estimate of drug-likeness (QED) is 0.794. The van der Waals surface area contributed by atoms with Crippen LogP contribution in [0.1, 0.15) is 19.3 Å². The van der Waals surface area contributed by atoms with Crippen molar-refractivity contribution in [2.45, 2.75) is 24.2 Å². The van der Waals surface area contributed by atoms with E-state index >= 15 is 0 Å². The number of nitrogens with one attached hydrogen (secondary N) is 2. The van der Waals surface area contributed by atoms with E-state index in [9.17, 15) is 4.79 Å². The third kappa shape index (κ3) is 5.35. The molecule has 1 aromatic carbocycles. The van der Waals surface area contributed by atoms with Crippen LogP contribution in [0.2, 0.25) is 5.02 Å². The highest BCUT2D eigenvalue weighted by atomic mass is 35.5. The van der Waals surface area contributed by atoms with Gasteiger partial charge in [-0.1, -0.05) is 23.7 Å². The summed E-state index contributed by atoms with van der Waals surface area (Å²) in [6.07, 6.45) is 3.59. The summed E-state index contributed by atoms with van der Waals surface area (Å²) in [5.74, 6) is 1.21. The molecule has 1 aliphatic heterocycles. The summed E-state index contributed by atoms with van der Waals surface area (Å²) in [4.78, 5) is 12.7. The standard InChI is InChI=1S/C15H21ClN2OS/c16-13-5-1-2-6-14(13)20-11-15(19)18-9-7-12-4-3-8-17-10-12/h1-2,5-6,12,17H,3-4,7-11H2,(H,18,19). The zero-order chi connectivity index (χ0) is 14.2. The molecule has 0 radical (unpaired) electrons. The summed E-state index contributed by atoms with van der Waals surface area (Å²) in [6, 6.07) is 7.61. The molecule has 0 spiro atoms. The summed E-state index contributed by atoms with van der Waals surface area (Å²) < 4.78 is 0. The Labute approximate surface area is 129 Å². The fourth-order valence-electron chi connectivity index (χ4n) is 2.34. The maximum Gasteiger partial charge on any atom is 0.230 e. The molecule has 2 rings (SSSR count). The fraction of sp³-hybridized carbons (Fsp3) is 0.533. The van der Waals surface area contributed by atoms with Gasteiger partial charge in [0.05, 0.1) is 10.8 Å². The molecule has 0 aliphatic carbocycles. The minimum absolute atomic E-state index is 0.0821. The van der Waals surface area contributed by atoms with E-state index in [-0.39, 0.29) is 5.91 Å². The van der Waals surface area contributed by atoms with Crippen molar-refractivity contribution in [2.75, 3.05) is 25.4 Å². The van der Waals surface area contributed by atoms with Crippen molar-refractivity contribution in [1.29, 1.82) is 0 Å². The molecular weight excluding hydrogens is 292 g/mol. The highest BCUT2D eigenvalue weighted by Gasteiger charge is 2.13. The number of hydrogen-bond donors (Lipinski definition) is 2. The first kappa shape index (κ1) is 15.7. The van der Waals surface area contributed by atoms with Crippen LogP contribution in [0.15, 0.2) is 29.2 Å². The van der Waals surface area contributed by atoms with E-state index in [1.165, 1.54) is 24.6 Å². The van der Waals surface area contributed by atoms with Gasteiger partial charge in [-0.2, -0.15) is 0 Å². The Morgan fingerprint density at radius 2 is 2.30 bits per heavy atom. The number of piperidine rings is 1. The predicted molar refractivity (Wildman–Crippen MR) is 85.4 cm³/mol. The monoisotopic (exact) mass is 312 g/mol. The van der Waals surface area contributed by atoms with E-state index in [1.54, 1.807) is 0 Å². The third-order valence-corrected chi connectivity index (χ3v) is 4.98. The second kappa shape index (κ2) is 8.55. The molecule has 0 bridgehead atoms. The average Bonchev–Trinajstić information content (AvgIpc) is 2.47. The Balaban J connectivity index is 1.62. The molecule has 0 aromatic heterocycles. The zero-order valence-corrected chi connectivity index (χ0v) is 13.1. The average molecular weight is 313 g/mol. The molecule has 0 saturated carbocycles. The van der Waals surface area contributed by atoms with E-state index in [1.807, 2.05) is 24.3 Å². The number of carbonyl (C=O) groups excluding carboxylic acids is 1. The maximum absolute atomic E-state index is 11.8. The first-order valence-electron chi connectivity index (χ1n) is 7.10. The van der Waals surface area contributed by atoms with Gasteiger partial charge in [0.15, 0.2) is 0 Å². The lowest BCUT2D eigenvalue weighted by Crippen LogP contribution is -2.33. The van der Waals surface area contributed by atoms with E-state index in [0.717, 1.165) is 31.0 Å². The Morgan fingerprint density at radius 1 is 1.45 bits per heavy atom. The minimum atomic E-state index is 0.0821. The van der Waals surface area contributed by atoms with Gasteiger partial charge >= 0.3 is 0 Å². The highest BCUT2D eigenvalue weighted by molar-refractivity contribution is 8.00. The summed E-state index contributed by atoms with van der Waals surface area (Å²) in [6.45, 7) is 3.00. The van der Waals surface area contributed by atoms with Gasteiger partial charge in [-0.3, -0.25) is 4.79 Å². The number of carbonyl (C=O) groups is 1. The van der Waals surface area contributed by atoms with Gasteiger partial charge in [0.2, 0.25) is 5.91 Å². The van der Waals surface area contributed by atoms with Crippen LogP contribution in [-0.4, -0.2) is 31.3 Å². The Kier molecular flexibility index (Phi) is 6.70. The molecule has 3 nitrogen and oxygen atoms in total. The molecule has 1 atom stereocenters. The molecule has 20 heavy (non-hydrogen) atoms. The van der Waals surface area contributed by atoms with Crippen molar-refractivity contribution in [3.63, 3.8) is 0 Å². The summed E-state index contributed by atoms with van der Waals surface area (Å²) in [5, 5.41) is 7.09. The van der Waals surface area contributed by atoms with Crippen LogP contribution < -0.4 is 10.6 Å². The molecule has 1 aromatic rings. The number of amides is 1. The van der Waals surface area contributed by atoms with Crippen LogP contribution in [-0.2, 0) is 4.79 Å². The zero-order valence-electron chi connectivity index (χ0n) is 11.5. The maximum atomic E-state index is 11.8. The Hall–Kier alpha value is -0.710. The van der Waals surface area contributed by atoms with Crippen molar-refractivity contribution in [3.8, 4) is 0 Å². The molecular formula is C15H21ClN2OS. The topological polar surface area (TPSA) is 41.1 Å². The third-order valence-electron chi connectivity index (χ3n) is 3.47. The van der Waals surface area contributed by atoms with E-state index < -0.39 is 0 Å². The molecule has 110 valence electrons. The second-order valence-corrected chi connectivity index (χ2v) is 6.49. The van der Waals surface area contributed by atoms with Gasteiger partial charge in [-0.25, -0.2) is 0 Å². The second-order valence-electron chi connectivity index (χ2n) is 5.07. The van der Waals surface area contributed by atoms with Crippen molar-refractivity contribution < 1.29 is 4.79 Å². The largest absolute Gasteiger partial charge is 0.355 e. The number of halogens is 1. The van der Waals surface area contributed by atoms with Crippen LogP contribution in [0, 0.1) is 5.92 Å². The van der Waals surface area contributed by atoms with E-state index in [0.29, 0.717) is 16.7 Å². The van der Waals surface area contributed by atoms with Gasteiger partial charge in [-0.15, -0.1) is 11.8 Å². The minimum Gasteiger partial charge on any atom is -0.355 e. The van der Waals surface area contributed by atoms with E-state index in [4.69, 9.17) is 11.6 Å². The van der Waals surface area contributed by atoms with Crippen LogP contribution in [0.25, 0.3) is 0 Å². The van der Waals surface area contributed by atoms with Gasteiger partial charge in [-0.05, 0) is 50.4 Å². The molecule has 5 heteroatoms. The first-order chi connectivity index (χ1) is 9.75. The summed E-state index contributed by atoms with van der Waals surface area (Å²) in [7, 11) is 0. The van der Waals surface area contributed by atoms with Crippen LogP contribution >= 0.6 is 23.4 Å². The normalized spacial score (nSPS) is 18.8. The van der Waals surface area contributed by atoms with Crippen molar-refractivity contribution in [2.24, 2.45) is 5.92 Å². The lowest BCUT2D eigenvalue weighted by atomic mass is 9.96. The highest BCUT2D eigenvalue weighted by Crippen LogP contribution is 2.26. The molecule has 2 N–H and O–H groups in total. The lowest BCUT2D eigenvalue weighted by Gasteiger charge is -2.22. The summed E-state index contributed by atoms with van der Waals surface area (Å²) in [5.41, 5.74) is 0. The molecule has 1 aliphatic rings. The van der Waals surface area contributed by atoms with Gasteiger partial charge < -0.3 is 10.6 Å². The van der Waals surface area contributed by atoms with Gasteiger partial charge in [0.1, 0.15) is 0 Å². The van der Waals surface area contributed by atoms with Gasteiger partial charge in [0, 0.05) is 11.4 Å². The van der Waals surface area contributed by atoms with Crippen molar-refractivity contribution >= 4 is 29.3 Å². The number of hydrogen-bond acceptors (Lipinski definition) is 3. The molecule has 1 amide bonds. The van der Waals surface area contributed by atoms with Crippen LogP contribution in [0.5, 0.6) is 0 Å². The number of thioether (sulfide) groups is 1. The Bertz CT molecular complexity index is 436. The SMILES string of the molecule is O=C(CSc1ccccc1Cl)NCCC1CCCNC1. The first-order valence-corrected chi connectivity index (χ1v) is 8.47. The van der Waals surface area contributed by atoms with Gasteiger partial charge in [0.25, 0.3) is 0 Å².